The predicted molar refractivity (Wildman–Crippen MR) is 112 cm³/mol. The highest BCUT2D eigenvalue weighted by atomic mass is 35.5. The number of amides is 1. The first-order valence-electron chi connectivity index (χ1n) is 9.79. The molecule has 0 aliphatic carbocycles. The maximum Gasteiger partial charge on any atom is 0.410 e. The number of nitrogens with zero attached hydrogens (tertiary/aromatic N) is 2. The Morgan fingerprint density at radius 3 is 2.59 bits per heavy atom. The van der Waals surface area contributed by atoms with Crippen LogP contribution in [-0.4, -0.2) is 73.4 Å². The minimum absolute atomic E-state index is 0.174. The molecule has 1 saturated heterocycles. The van der Waals surface area contributed by atoms with Crippen LogP contribution in [0.3, 0.4) is 0 Å². The van der Waals surface area contributed by atoms with Crippen LogP contribution in [0.4, 0.5) is 4.79 Å². The lowest BCUT2D eigenvalue weighted by molar-refractivity contribution is -0.139. The SMILES string of the molecule is COC(=O)Cc1ccc(Cl)c(OCCN2CCN(C(=O)OC(C)(C)C)C[C@H]2C)c1. The number of carbonyl (C=O) groups excluding carboxylic acids is 2. The van der Waals surface area contributed by atoms with Crippen molar-refractivity contribution in [2.24, 2.45) is 0 Å². The third-order valence-electron chi connectivity index (χ3n) is 4.62. The summed E-state index contributed by atoms with van der Waals surface area (Å²) >= 11 is 6.21. The van der Waals surface area contributed by atoms with Crippen LogP contribution in [-0.2, 0) is 20.7 Å². The summed E-state index contributed by atoms with van der Waals surface area (Å²) in [7, 11) is 1.36. The van der Waals surface area contributed by atoms with Gasteiger partial charge in [-0.05, 0) is 45.4 Å². The van der Waals surface area contributed by atoms with E-state index in [-0.39, 0.29) is 24.5 Å². The van der Waals surface area contributed by atoms with E-state index in [1.165, 1.54) is 7.11 Å². The third kappa shape index (κ3) is 7.40. The Hall–Kier alpha value is -1.99. The molecule has 2 rings (SSSR count). The van der Waals surface area contributed by atoms with Crippen molar-refractivity contribution < 1.29 is 23.8 Å². The molecule has 0 N–H and O–H groups in total. The van der Waals surface area contributed by atoms with E-state index in [2.05, 4.69) is 11.8 Å². The zero-order chi connectivity index (χ0) is 21.6. The summed E-state index contributed by atoms with van der Waals surface area (Å²) in [5.74, 6) is 0.239. The largest absolute Gasteiger partial charge is 0.491 e. The average molecular weight is 427 g/mol. The molecule has 1 amide bonds. The fourth-order valence-electron chi connectivity index (χ4n) is 3.10. The molecule has 0 unspecified atom stereocenters. The maximum atomic E-state index is 12.2. The van der Waals surface area contributed by atoms with Crippen molar-refractivity contribution in [2.45, 2.75) is 45.8 Å². The van der Waals surface area contributed by atoms with E-state index < -0.39 is 5.60 Å². The molecule has 1 heterocycles. The molecule has 0 saturated carbocycles. The fourth-order valence-corrected chi connectivity index (χ4v) is 3.27. The van der Waals surface area contributed by atoms with Gasteiger partial charge in [-0.25, -0.2) is 4.79 Å². The highest BCUT2D eigenvalue weighted by Gasteiger charge is 2.29. The van der Waals surface area contributed by atoms with Gasteiger partial charge < -0.3 is 19.1 Å². The number of carbonyl (C=O) groups is 2. The summed E-state index contributed by atoms with van der Waals surface area (Å²) in [6.07, 6.45) is -0.0947. The molecule has 0 radical (unpaired) electrons. The topological polar surface area (TPSA) is 68.3 Å². The monoisotopic (exact) mass is 426 g/mol. The smallest absolute Gasteiger partial charge is 0.410 e. The molecule has 29 heavy (non-hydrogen) atoms. The van der Waals surface area contributed by atoms with Crippen LogP contribution in [0.25, 0.3) is 0 Å². The van der Waals surface area contributed by atoms with Gasteiger partial charge >= 0.3 is 12.1 Å². The predicted octanol–water partition coefficient (Wildman–Crippen LogP) is 3.38. The van der Waals surface area contributed by atoms with Crippen LogP contribution in [0, 0.1) is 0 Å². The number of hydrogen-bond donors (Lipinski definition) is 0. The molecule has 1 atom stereocenters. The Morgan fingerprint density at radius 1 is 1.24 bits per heavy atom. The summed E-state index contributed by atoms with van der Waals surface area (Å²) in [6, 6.07) is 5.46. The van der Waals surface area contributed by atoms with Gasteiger partial charge in [0, 0.05) is 32.2 Å². The second-order valence-electron chi connectivity index (χ2n) is 8.18. The van der Waals surface area contributed by atoms with Crippen molar-refractivity contribution >= 4 is 23.7 Å². The zero-order valence-corrected chi connectivity index (χ0v) is 18.6. The van der Waals surface area contributed by atoms with Gasteiger partial charge in [-0.15, -0.1) is 0 Å². The molecule has 1 fully saturated rings. The van der Waals surface area contributed by atoms with Crippen LogP contribution in [0.1, 0.15) is 33.3 Å². The molecule has 0 spiro atoms. The van der Waals surface area contributed by atoms with Crippen molar-refractivity contribution in [2.75, 3.05) is 39.9 Å². The first-order valence-corrected chi connectivity index (χ1v) is 10.2. The lowest BCUT2D eigenvalue weighted by Crippen LogP contribution is -2.55. The van der Waals surface area contributed by atoms with Gasteiger partial charge in [0.2, 0.25) is 0 Å². The number of piperazine rings is 1. The summed E-state index contributed by atoms with van der Waals surface area (Å²) in [6.45, 7) is 10.8. The highest BCUT2D eigenvalue weighted by Crippen LogP contribution is 2.26. The third-order valence-corrected chi connectivity index (χ3v) is 4.94. The molecular weight excluding hydrogens is 396 g/mol. The lowest BCUT2D eigenvalue weighted by Gasteiger charge is -2.40. The second-order valence-corrected chi connectivity index (χ2v) is 8.58. The van der Waals surface area contributed by atoms with Crippen molar-refractivity contribution in [3.05, 3.63) is 28.8 Å². The van der Waals surface area contributed by atoms with Gasteiger partial charge in [-0.3, -0.25) is 9.69 Å². The van der Waals surface area contributed by atoms with Crippen LogP contribution in [0.2, 0.25) is 5.02 Å². The highest BCUT2D eigenvalue weighted by molar-refractivity contribution is 6.32. The molecule has 7 nitrogen and oxygen atoms in total. The number of benzene rings is 1. The molecule has 1 aliphatic rings. The summed E-state index contributed by atoms with van der Waals surface area (Å²) in [4.78, 5) is 27.7. The molecule has 8 heteroatoms. The van der Waals surface area contributed by atoms with Gasteiger partial charge in [-0.1, -0.05) is 17.7 Å². The van der Waals surface area contributed by atoms with Gasteiger partial charge in [-0.2, -0.15) is 0 Å². The van der Waals surface area contributed by atoms with Gasteiger partial charge in [0.25, 0.3) is 0 Å². The quantitative estimate of drug-likeness (QED) is 0.649. The van der Waals surface area contributed by atoms with Gasteiger partial charge in [0.05, 0.1) is 18.6 Å². The Morgan fingerprint density at radius 2 is 1.97 bits per heavy atom. The number of ether oxygens (including phenoxy) is 3. The Bertz CT molecular complexity index is 720. The second kappa shape index (κ2) is 10.2. The minimum atomic E-state index is -0.493. The summed E-state index contributed by atoms with van der Waals surface area (Å²) < 4.78 is 16.0. The molecule has 1 aromatic carbocycles. The van der Waals surface area contributed by atoms with Crippen molar-refractivity contribution in [3.63, 3.8) is 0 Å². The molecule has 0 aromatic heterocycles. The summed E-state index contributed by atoms with van der Waals surface area (Å²) in [5, 5.41) is 0.501. The minimum Gasteiger partial charge on any atom is -0.491 e. The van der Waals surface area contributed by atoms with Gasteiger partial charge in [0.1, 0.15) is 18.0 Å². The number of halogens is 1. The number of hydrogen-bond acceptors (Lipinski definition) is 6. The number of esters is 1. The first-order chi connectivity index (χ1) is 13.6. The van der Waals surface area contributed by atoms with Crippen LogP contribution < -0.4 is 4.74 Å². The van der Waals surface area contributed by atoms with E-state index in [1.54, 1.807) is 23.1 Å². The standard InChI is InChI=1S/C21H31ClN2O5/c1-15-14-24(20(26)29-21(2,3)4)9-8-23(15)10-11-28-18-12-16(6-7-17(18)22)13-19(25)27-5/h6-7,12,15H,8-11,13-14H2,1-5H3/t15-/m1/s1. The maximum absolute atomic E-state index is 12.2. The van der Waals surface area contributed by atoms with E-state index in [0.717, 1.165) is 12.1 Å². The zero-order valence-electron chi connectivity index (χ0n) is 17.9. The Kier molecular flexibility index (Phi) is 8.16. The number of rotatable bonds is 6. The first kappa shape index (κ1) is 23.3. The van der Waals surface area contributed by atoms with Crippen LogP contribution >= 0.6 is 11.6 Å². The van der Waals surface area contributed by atoms with Crippen molar-refractivity contribution in [3.8, 4) is 5.75 Å². The number of methoxy groups -OCH3 is 1. The van der Waals surface area contributed by atoms with E-state index in [4.69, 9.17) is 25.8 Å². The van der Waals surface area contributed by atoms with E-state index in [1.807, 2.05) is 20.8 Å². The lowest BCUT2D eigenvalue weighted by atomic mass is 10.1. The Labute approximate surface area is 177 Å². The normalized spacial score (nSPS) is 17.7. The van der Waals surface area contributed by atoms with Crippen LogP contribution in [0.5, 0.6) is 5.75 Å². The average Bonchev–Trinajstić information content (AvgIpc) is 2.63. The Balaban J connectivity index is 1.83. The van der Waals surface area contributed by atoms with Crippen molar-refractivity contribution in [1.29, 1.82) is 0 Å². The fraction of sp³-hybridized carbons (Fsp3) is 0.619. The molecular formula is C21H31ClN2O5. The van der Waals surface area contributed by atoms with Crippen molar-refractivity contribution in [1.82, 2.24) is 9.80 Å². The van der Waals surface area contributed by atoms with E-state index in [0.29, 0.717) is 37.0 Å². The molecule has 162 valence electrons. The van der Waals surface area contributed by atoms with Crippen LogP contribution in [0.15, 0.2) is 18.2 Å². The van der Waals surface area contributed by atoms with E-state index >= 15 is 0 Å². The molecule has 1 aliphatic heterocycles. The summed E-state index contributed by atoms with van der Waals surface area (Å²) in [5.41, 5.74) is 0.294. The molecule has 0 bridgehead atoms. The van der Waals surface area contributed by atoms with Gasteiger partial charge in [0.15, 0.2) is 0 Å². The molecule has 1 aromatic rings. The van der Waals surface area contributed by atoms with E-state index in [9.17, 15) is 9.59 Å².